The van der Waals surface area contributed by atoms with E-state index >= 15 is 0 Å². The molecular formula is C23H23N3O. The number of nitrogens with zero attached hydrogens (tertiary/aromatic N) is 2. The third-order valence-corrected chi connectivity index (χ3v) is 4.90. The van der Waals surface area contributed by atoms with Gasteiger partial charge in [-0.15, -0.1) is 0 Å². The highest BCUT2D eigenvalue weighted by Crippen LogP contribution is 2.32. The monoisotopic (exact) mass is 357 g/mol. The van der Waals surface area contributed by atoms with Gasteiger partial charge in [-0.05, 0) is 49.1 Å². The summed E-state index contributed by atoms with van der Waals surface area (Å²) in [5.74, 6) is 0.885. The van der Waals surface area contributed by atoms with Crippen molar-refractivity contribution in [3.05, 3.63) is 83.6 Å². The van der Waals surface area contributed by atoms with Gasteiger partial charge in [0.15, 0.2) is 0 Å². The largest absolute Gasteiger partial charge is 0.326 e. The van der Waals surface area contributed by atoms with E-state index in [-0.39, 0.29) is 5.91 Å². The topological polar surface area (TPSA) is 45.2 Å². The molecule has 1 aliphatic heterocycles. The minimum Gasteiger partial charge on any atom is -0.326 e. The summed E-state index contributed by atoms with van der Waals surface area (Å²) < 4.78 is 0. The smallest absolute Gasteiger partial charge is 0.228 e. The molecule has 3 aromatic rings. The molecule has 1 N–H and O–H groups in total. The first kappa shape index (κ1) is 17.3. The fraction of sp³-hybridized carbons (Fsp3) is 0.217. The van der Waals surface area contributed by atoms with Crippen molar-refractivity contribution in [1.29, 1.82) is 0 Å². The second kappa shape index (κ2) is 7.62. The normalized spacial score (nSPS) is 13.1. The van der Waals surface area contributed by atoms with Gasteiger partial charge >= 0.3 is 0 Å². The van der Waals surface area contributed by atoms with E-state index in [0.29, 0.717) is 6.42 Å². The second-order valence-corrected chi connectivity index (χ2v) is 7.00. The highest BCUT2D eigenvalue weighted by Gasteiger charge is 2.18. The minimum atomic E-state index is -0.0308. The van der Waals surface area contributed by atoms with Crippen LogP contribution in [0.1, 0.15) is 23.1 Å². The number of hydrogen-bond acceptors (Lipinski definition) is 3. The summed E-state index contributed by atoms with van der Waals surface area (Å²) in [6.07, 6.45) is 4.33. The molecule has 0 unspecified atom stereocenters. The zero-order chi connectivity index (χ0) is 18.6. The van der Waals surface area contributed by atoms with E-state index in [4.69, 9.17) is 0 Å². The molecule has 0 saturated carbocycles. The van der Waals surface area contributed by atoms with E-state index in [2.05, 4.69) is 39.5 Å². The Kier molecular flexibility index (Phi) is 4.88. The Morgan fingerprint density at radius 2 is 1.89 bits per heavy atom. The first-order chi connectivity index (χ1) is 13.2. The number of carbonyl (C=O) groups excluding carboxylic acids is 1. The van der Waals surface area contributed by atoms with Gasteiger partial charge < -0.3 is 10.2 Å². The molecule has 1 aliphatic rings. The molecule has 4 heteroatoms. The number of anilines is 3. The van der Waals surface area contributed by atoms with Crippen LogP contribution >= 0.6 is 0 Å². The zero-order valence-electron chi connectivity index (χ0n) is 15.5. The summed E-state index contributed by atoms with van der Waals surface area (Å²) in [6.45, 7) is 3.00. The van der Waals surface area contributed by atoms with Crippen molar-refractivity contribution in [2.24, 2.45) is 0 Å². The van der Waals surface area contributed by atoms with E-state index in [1.165, 1.54) is 16.8 Å². The maximum atomic E-state index is 12.3. The zero-order valence-corrected chi connectivity index (χ0v) is 15.5. The molecule has 4 nitrogen and oxygen atoms in total. The lowest BCUT2D eigenvalue weighted by molar-refractivity contribution is -0.115. The Balaban J connectivity index is 1.44. The average Bonchev–Trinajstić information content (AvgIpc) is 2.70. The van der Waals surface area contributed by atoms with Crippen LogP contribution in [0.15, 0.2) is 66.9 Å². The Hall–Kier alpha value is -3.14. The maximum absolute atomic E-state index is 12.3. The summed E-state index contributed by atoms with van der Waals surface area (Å²) in [7, 11) is 0. The molecular weight excluding hydrogens is 334 g/mol. The molecule has 0 bridgehead atoms. The number of amides is 1. The number of pyridine rings is 1. The van der Waals surface area contributed by atoms with Crippen LogP contribution in [0.4, 0.5) is 17.2 Å². The lowest BCUT2D eigenvalue weighted by atomic mass is 10.0. The number of para-hydroxylation sites is 1. The van der Waals surface area contributed by atoms with E-state index in [1.807, 2.05) is 43.3 Å². The fourth-order valence-corrected chi connectivity index (χ4v) is 3.49. The molecule has 2 aromatic carbocycles. The molecule has 1 amide bonds. The number of fused-ring (bicyclic) bond motifs is 1. The van der Waals surface area contributed by atoms with Gasteiger partial charge in [0.25, 0.3) is 0 Å². The Labute approximate surface area is 159 Å². The highest BCUT2D eigenvalue weighted by atomic mass is 16.1. The summed E-state index contributed by atoms with van der Waals surface area (Å²) in [5.41, 5.74) is 5.51. The van der Waals surface area contributed by atoms with Crippen molar-refractivity contribution in [3.8, 4) is 0 Å². The van der Waals surface area contributed by atoms with Crippen LogP contribution in [-0.2, 0) is 17.6 Å². The summed E-state index contributed by atoms with van der Waals surface area (Å²) in [5, 5.41) is 2.93. The number of rotatable bonds is 4. The van der Waals surface area contributed by atoms with Crippen LogP contribution in [0.5, 0.6) is 0 Å². The number of carbonyl (C=O) groups is 1. The van der Waals surface area contributed by atoms with Gasteiger partial charge in [-0.1, -0.05) is 48.0 Å². The third-order valence-electron chi connectivity index (χ3n) is 4.90. The van der Waals surface area contributed by atoms with Gasteiger partial charge in [-0.3, -0.25) is 4.79 Å². The van der Waals surface area contributed by atoms with Crippen molar-refractivity contribution < 1.29 is 4.79 Å². The Morgan fingerprint density at radius 3 is 2.67 bits per heavy atom. The lowest BCUT2D eigenvalue weighted by Crippen LogP contribution is -2.25. The van der Waals surface area contributed by atoms with Gasteiger partial charge in [0.05, 0.1) is 18.3 Å². The van der Waals surface area contributed by atoms with Crippen LogP contribution in [0, 0.1) is 6.92 Å². The molecule has 0 aliphatic carbocycles. The first-order valence-corrected chi connectivity index (χ1v) is 9.36. The molecule has 27 heavy (non-hydrogen) atoms. The van der Waals surface area contributed by atoms with Crippen molar-refractivity contribution in [3.63, 3.8) is 0 Å². The van der Waals surface area contributed by atoms with Gasteiger partial charge in [-0.25, -0.2) is 4.98 Å². The molecule has 1 aromatic heterocycles. The summed E-state index contributed by atoms with van der Waals surface area (Å²) in [4.78, 5) is 19.1. The molecule has 0 atom stereocenters. The van der Waals surface area contributed by atoms with Crippen LogP contribution in [0.2, 0.25) is 0 Å². The van der Waals surface area contributed by atoms with E-state index in [0.717, 1.165) is 36.5 Å². The minimum absolute atomic E-state index is 0.0308. The van der Waals surface area contributed by atoms with Crippen LogP contribution in [-0.4, -0.2) is 17.4 Å². The van der Waals surface area contributed by atoms with Gasteiger partial charge in [0.1, 0.15) is 5.82 Å². The van der Waals surface area contributed by atoms with Gasteiger partial charge in [-0.2, -0.15) is 0 Å². The molecule has 136 valence electrons. The summed E-state index contributed by atoms with van der Waals surface area (Å²) in [6, 6.07) is 20.4. The quantitative estimate of drug-likeness (QED) is 0.739. The molecule has 0 spiro atoms. The highest BCUT2D eigenvalue weighted by molar-refractivity contribution is 5.92. The SMILES string of the molecule is Cc1ccc(CC(=O)Nc2ccc(N3CCCc4ccccc43)nc2)cc1. The van der Waals surface area contributed by atoms with Gasteiger partial charge in [0.2, 0.25) is 5.91 Å². The van der Waals surface area contributed by atoms with Crippen molar-refractivity contribution >= 4 is 23.1 Å². The van der Waals surface area contributed by atoms with Crippen molar-refractivity contribution in [1.82, 2.24) is 4.98 Å². The third kappa shape index (κ3) is 4.00. The summed E-state index contributed by atoms with van der Waals surface area (Å²) >= 11 is 0. The number of aromatic nitrogens is 1. The van der Waals surface area contributed by atoms with Crippen LogP contribution < -0.4 is 10.2 Å². The first-order valence-electron chi connectivity index (χ1n) is 9.36. The van der Waals surface area contributed by atoms with E-state index in [1.54, 1.807) is 6.20 Å². The second-order valence-electron chi connectivity index (χ2n) is 7.00. The van der Waals surface area contributed by atoms with Gasteiger partial charge in [0, 0.05) is 12.2 Å². The van der Waals surface area contributed by atoms with E-state index < -0.39 is 0 Å². The maximum Gasteiger partial charge on any atom is 0.228 e. The molecule has 0 saturated heterocycles. The predicted molar refractivity (Wildman–Crippen MR) is 110 cm³/mol. The predicted octanol–water partition coefficient (Wildman–Crippen LogP) is 4.66. The molecule has 2 heterocycles. The Bertz CT molecular complexity index is 933. The molecule has 0 fully saturated rings. The molecule has 0 radical (unpaired) electrons. The van der Waals surface area contributed by atoms with Crippen LogP contribution in [0.3, 0.4) is 0 Å². The number of aryl methyl sites for hydroxylation is 2. The standard InChI is InChI=1S/C23H23N3O/c1-17-8-10-18(11-9-17)15-23(27)25-20-12-13-22(24-16-20)26-14-4-6-19-5-2-3-7-21(19)26/h2-3,5,7-13,16H,4,6,14-15H2,1H3,(H,25,27). The number of nitrogens with one attached hydrogen (secondary N) is 1. The Morgan fingerprint density at radius 1 is 1.07 bits per heavy atom. The average molecular weight is 357 g/mol. The molecule has 4 rings (SSSR count). The fourth-order valence-electron chi connectivity index (χ4n) is 3.49. The van der Waals surface area contributed by atoms with Crippen molar-refractivity contribution in [2.75, 3.05) is 16.8 Å². The lowest BCUT2D eigenvalue weighted by Gasteiger charge is -2.30. The van der Waals surface area contributed by atoms with E-state index in [9.17, 15) is 4.79 Å². The number of hydrogen-bond donors (Lipinski definition) is 1. The number of benzene rings is 2. The van der Waals surface area contributed by atoms with Crippen LogP contribution in [0.25, 0.3) is 0 Å². The van der Waals surface area contributed by atoms with Crippen molar-refractivity contribution in [2.45, 2.75) is 26.2 Å².